The normalized spacial score (nSPS) is 51.0. The number of rotatable bonds is 9. The quantitative estimate of drug-likeness (QED) is 0.0939. The molecular weight excluding hydrogens is 885 g/mol. The van der Waals surface area contributed by atoms with E-state index in [0.29, 0.717) is 19.3 Å². The van der Waals surface area contributed by atoms with Crippen molar-refractivity contribution in [3.05, 3.63) is 11.6 Å². The fourth-order valence-corrected chi connectivity index (χ4v) is 15.2. The third-order valence-electron chi connectivity index (χ3n) is 19.2. The number of aliphatic hydroxyl groups excluding tert-OH is 8. The highest BCUT2D eigenvalue weighted by Gasteiger charge is 2.71. The molecule has 7 fully saturated rings. The van der Waals surface area contributed by atoms with Crippen LogP contribution in [0.4, 0.5) is 0 Å². The molecule has 0 spiro atoms. The summed E-state index contributed by atoms with van der Waals surface area (Å²) in [6.45, 7) is 20.6. The number of carbonyl (C=O) groups is 2. The maximum Gasteiger partial charge on any atom is 0.315 e. The van der Waals surface area contributed by atoms with E-state index in [1.54, 1.807) is 6.92 Å². The maximum atomic E-state index is 15.0. The van der Waals surface area contributed by atoms with Crippen LogP contribution in [0.1, 0.15) is 133 Å². The smallest absolute Gasteiger partial charge is 0.315 e. The summed E-state index contributed by atoms with van der Waals surface area (Å²) in [6.07, 6.45) is -11.0. The number of aliphatic hydroxyl groups is 8. The summed E-state index contributed by atoms with van der Waals surface area (Å²) in [5.74, 6) is -0.931. The van der Waals surface area contributed by atoms with E-state index in [4.69, 9.17) is 33.2 Å². The van der Waals surface area contributed by atoms with Gasteiger partial charge in [0.25, 0.3) is 0 Å². The van der Waals surface area contributed by atoms with E-state index < -0.39 is 115 Å². The molecule has 22 atom stereocenters. The Morgan fingerprint density at radius 1 is 0.691 bits per heavy atom. The molecular formula is C51H82O17. The van der Waals surface area contributed by atoms with Gasteiger partial charge in [-0.15, -0.1) is 0 Å². The molecule has 3 aliphatic heterocycles. The summed E-state index contributed by atoms with van der Waals surface area (Å²) in [7, 11) is 0. The summed E-state index contributed by atoms with van der Waals surface area (Å²) in [5.41, 5.74) is -1.22. The molecule has 0 aromatic rings. The minimum absolute atomic E-state index is 0.00491. The molecule has 3 heterocycles. The van der Waals surface area contributed by atoms with Crippen LogP contribution >= 0.6 is 0 Å². The van der Waals surface area contributed by atoms with Gasteiger partial charge in [-0.25, -0.2) is 0 Å². The standard InChI is InChI=1S/C51H82O17/c1-24(2)19-33(55)65-39-34(56)25(3)64-43(38(39)60)68-45(61)51-17-15-46(4,5)20-27(51)26-11-12-32-48(8)21-28(52)41(47(6,7)31(48)13-14-50(32,10)49(26,9)16-18-51)67-44-40(36(58)30(54)23-63-44)66-42-37(59)35(57)29(53)22-62-42/h11,24-25,27-32,34-44,52-54,56-60H,12-23H2,1-10H3. The first-order valence-electron chi connectivity index (χ1n) is 25.4. The van der Waals surface area contributed by atoms with Gasteiger partial charge in [0.15, 0.2) is 24.8 Å². The van der Waals surface area contributed by atoms with Gasteiger partial charge in [0.2, 0.25) is 6.29 Å². The largest absolute Gasteiger partial charge is 0.456 e. The Morgan fingerprint density at radius 3 is 2.01 bits per heavy atom. The average molecular weight is 967 g/mol. The third kappa shape index (κ3) is 8.64. The first-order valence-corrected chi connectivity index (χ1v) is 25.4. The first kappa shape index (κ1) is 52.5. The number of esters is 2. The second kappa shape index (κ2) is 18.6. The predicted octanol–water partition coefficient (Wildman–Crippen LogP) is 3.01. The predicted molar refractivity (Wildman–Crippen MR) is 241 cm³/mol. The molecule has 0 radical (unpaired) electrons. The Hall–Kier alpha value is -1.84. The van der Waals surface area contributed by atoms with Gasteiger partial charge < -0.3 is 74.0 Å². The van der Waals surface area contributed by atoms with Crippen LogP contribution in [0.25, 0.3) is 0 Å². The topological polar surface area (TPSA) is 261 Å². The van der Waals surface area contributed by atoms with Gasteiger partial charge in [0.05, 0.1) is 36.9 Å². The number of ether oxygens (including phenoxy) is 7. The molecule has 8 rings (SSSR count). The third-order valence-corrected chi connectivity index (χ3v) is 19.2. The average Bonchev–Trinajstić information content (AvgIpc) is 3.24. The van der Waals surface area contributed by atoms with Crippen LogP contribution in [0.3, 0.4) is 0 Å². The molecule has 0 aromatic heterocycles. The Bertz CT molecular complexity index is 1890. The van der Waals surface area contributed by atoms with Crippen molar-refractivity contribution in [2.45, 2.75) is 226 Å². The highest BCUT2D eigenvalue weighted by Crippen LogP contribution is 2.76. The van der Waals surface area contributed by atoms with E-state index in [2.05, 4.69) is 54.5 Å². The lowest BCUT2D eigenvalue weighted by Crippen LogP contribution is -2.68. The van der Waals surface area contributed by atoms with Crippen LogP contribution in [0, 0.1) is 56.2 Å². The number of carbonyl (C=O) groups excluding carboxylic acids is 2. The monoisotopic (exact) mass is 967 g/mol. The summed E-state index contributed by atoms with van der Waals surface area (Å²) >= 11 is 0. The lowest BCUT2D eigenvalue weighted by molar-refractivity contribution is -0.362. The van der Waals surface area contributed by atoms with Gasteiger partial charge in [-0.2, -0.15) is 0 Å². The zero-order valence-electron chi connectivity index (χ0n) is 41.8. The Labute approximate surface area is 401 Å². The molecule has 17 nitrogen and oxygen atoms in total. The first-order chi connectivity index (χ1) is 31.6. The molecule has 8 aliphatic rings. The van der Waals surface area contributed by atoms with Gasteiger partial charge in [-0.3, -0.25) is 9.59 Å². The second-order valence-corrected chi connectivity index (χ2v) is 24.8. The van der Waals surface area contributed by atoms with E-state index in [0.717, 1.165) is 38.5 Å². The van der Waals surface area contributed by atoms with Gasteiger partial charge in [-0.1, -0.05) is 74.0 Å². The summed E-state index contributed by atoms with van der Waals surface area (Å²) in [5, 5.41) is 87.5. The van der Waals surface area contributed by atoms with Crippen molar-refractivity contribution >= 4 is 11.9 Å². The van der Waals surface area contributed by atoms with Crippen LogP contribution < -0.4 is 0 Å². The summed E-state index contributed by atoms with van der Waals surface area (Å²) in [6, 6.07) is 0. The molecule has 68 heavy (non-hydrogen) atoms. The lowest BCUT2D eigenvalue weighted by atomic mass is 9.33. The second-order valence-electron chi connectivity index (χ2n) is 24.8. The Morgan fingerprint density at radius 2 is 1.34 bits per heavy atom. The van der Waals surface area contributed by atoms with Crippen molar-refractivity contribution in [3.8, 4) is 0 Å². The summed E-state index contributed by atoms with van der Waals surface area (Å²) < 4.78 is 41.8. The minimum Gasteiger partial charge on any atom is -0.456 e. The van der Waals surface area contributed by atoms with Crippen molar-refractivity contribution in [1.82, 2.24) is 0 Å². The molecule has 17 heteroatoms. The molecule has 3 saturated heterocycles. The number of fused-ring (bicyclic) bond motifs is 7. The SMILES string of the molecule is CC(C)CC(=O)OC1C(O)C(C)OC(OC(=O)C23CCC(C)(C)CC2C2=CCC4C5(C)CC(O)C(OC6OCC(O)C(O)C6OC6OCC(O)C(O)C6O)C(C)(C)C5CCC4(C)C2(C)CC3)C1O. The number of hydrogen-bond acceptors (Lipinski definition) is 17. The van der Waals surface area contributed by atoms with Gasteiger partial charge in [0.1, 0.15) is 42.7 Å². The van der Waals surface area contributed by atoms with Crippen LogP contribution in [0.2, 0.25) is 0 Å². The zero-order valence-corrected chi connectivity index (χ0v) is 41.8. The highest BCUT2D eigenvalue weighted by atomic mass is 16.8. The number of hydrogen-bond donors (Lipinski definition) is 8. The molecule has 0 aromatic carbocycles. The van der Waals surface area contributed by atoms with Gasteiger partial charge in [-0.05, 0) is 115 Å². The van der Waals surface area contributed by atoms with Crippen LogP contribution in [-0.2, 0) is 42.7 Å². The molecule has 8 N–H and O–H groups in total. The van der Waals surface area contributed by atoms with Crippen molar-refractivity contribution in [2.75, 3.05) is 13.2 Å². The Balaban J connectivity index is 1.04. The molecule has 0 amide bonds. The summed E-state index contributed by atoms with van der Waals surface area (Å²) in [4.78, 5) is 27.7. The molecule has 22 unspecified atom stereocenters. The van der Waals surface area contributed by atoms with Crippen LogP contribution in [-0.4, -0.2) is 158 Å². The zero-order chi connectivity index (χ0) is 49.8. The van der Waals surface area contributed by atoms with Crippen molar-refractivity contribution < 1.29 is 83.6 Å². The molecule has 0 bridgehead atoms. The van der Waals surface area contributed by atoms with Gasteiger partial charge >= 0.3 is 11.9 Å². The lowest BCUT2D eigenvalue weighted by Gasteiger charge is -2.71. The van der Waals surface area contributed by atoms with E-state index >= 15 is 0 Å². The minimum atomic E-state index is -1.66. The van der Waals surface area contributed by atoms with Crippen LogP contribution in [0.15, 0.2) is 11.6 Å². The molecule has 388 valence electrons. The van der Waals surface area contributed by atoms with Gasteiger partial charge in [0, 0.05) is 6.42 Å². The molecule has 4 saturated carbocycles. The van der Waals surface area contributed by atoms with E-state index in [1.165, 1.54) is 5.57 Å². The van der Waals surface area contributed by atoms with Crippen LogP contribution in [0.5, 0.6) is 0 Å². The van der Waals surface area contributed by atoms with E-state index in [-0.39, 0.29) is 65.0 Å². The fourth-order valence-electron chi connectivity index (χ4n) is 15.2. The van der Waals surface area contributed by atoms with E-state index in [9.17, 15) is 50.4 Å². The highest BCUT2D eigenvalue weighted by molar-refractivity contribution is 5.79. The van der Waals surface area contributed by atoms with Crippen molar-refractivity contribution in [3.63, 3.8) is 0 Å². The Kier molecular flexibility index (Phi) is 14.3. The number of allylic oxidation sites excluding steroid dienone is 2. The van der Waals surface area contributed by atoms with Crippen molar-refractivity contribution in [2.24, 2.45) is 56.2 Å². The van der Waals surface area contributed by atoms with E-state index in [1.807, 2.05) is 13.8 Å². The fraction of sp³-hybridized carbons (Fsp3) is 0.922. The van der Waals surface area contributed by atoms with Crippen molar-refractivity contribution in [1.29, 1.82) is 0 Å². The molecule has 5 aliphatic carbocycles. The maximum absolute atomic E-state index is 15.0.